The normalized spacial score (nSPS) is 12.4. The number of aryl methyl sites for hydroxylation is 2. The molecule has 0 saturated carbocycles. The van der Waals surface area contributed by atoms with E-state index in [4.69, 9.17) is 0 Å². The monoisotopic (exact) mass is 291 g/mol. The molecule has 0 unspecified atom stereocenters. The summed E-state index contributed by atoms with van der Waals surface area (Å²) in [6.07, 6.45) is 1.63. The highest BCUT2D eigenvalue weighted by Crippen LogP contribution is 2.22. The molecular weight excluding hydrogens is 270 g/mol. The van der Waals surface area contributed by atoms with Gasteiger partial charge in [-0.25, -0.2) is 0 Å². The van der Waals surface area contributed by atoms with E-state index < -0.39 is 0 Å². The number of aromatic amines is 1. The van der Waals surface area contributed by atoms with E-state index in [0.717, 1.165) is 35.4 Å². The molecule has 2 aromatic rings. The molecule has 1 amide bonds. The van der Waals surface area contributed by atoms with Gasteiger partial charge in [-0.05, 0) is 38.8 Å². The van der Waals surface area contributed by atoms with Crippen LogP contribution in [-0.2, 0) is 12.8 Å². The minimum atomic E-state index is 0.0194. The van der Waals surface area contributed by atoms with Crippen LogP contribution in [0.3, 0.4) is 0 Å². The van der Waals surface area contributed by atoms with Crippen molar-refractivity contribution in [3.8, 4) is 0 Å². The molecule has 108 valence electrons. The third kappa shape index (κ3) is 3.28. The Morgan fingerprint density at radius 1 is 1.50 bits per heavy atom. The van der Waals surface area contributed by atoms with Crippen molar-refractivity contribution in [2.24, 2.45) is 0 Å². The van der Waals surface area contributed by atoms with Crippen molar-refractivity contribution in [3.05, 3.63) is 38.8 Å². The second kappa shape index (κ2) is 6.22. The van der Waals surface area contributed by atoms with Gasteiger partial charge in [0.05, 0.1) is 11.3 Å². The molecule has 2 N–H and O–H groups in total. The summed E-state index contributed by atoms with van der Waals surface area (Å²) in [5, 5.41) is 12.1. The van der Waals surface area contributed by atoms with Crippen LogP contribution in [0.4, 0.5) is 0 Å². The SMILES string of the molecule is CCc1c(C(=O)N[C@@H](C)Cc2cc(C)[nH]n2)csc1C. The second-order valence-corrected chi connectivity index (χ2v) is 6.24. The first kappa shape index (κ1) is 14.8. The molecule has 5 heteroatoms. The van der Waals surface area contributed by atoms with Crippen LogP contribution in [0.1, 0.15) is 46.0 Å². The predicted octanol–water partition coefficient (Wildman–Crippen LogP) is 3.01. The van der Waals surface area contributed by atoms with Gasteiger partial charge in [0.2, 0.25) is 0 Å². The number of nitrogens with zero attached hydrogens (tertiary/aromatic N) is 1. The van der Waals surface area contributed by atoms with E-state index in [9.17, 15) is 4.79 Å². The lowest BCUT2D eigenvalue weighted by molar-refractivity contribution is 0.0939. The average molecular weight is 291 g/mol. The number of hydrogen-bond acceptors (Lipinski definition) is 3. The average Bonchev–Trinajstić information content (AvgIpc) is 2.95. The maximum atomic E-state index is 12.3. The molecule has 1 atom stereocenters. The second-order valence-electron chi connectivity index (χ2n) is 5.16. The third-order valence-corrected chi connectivity index (χ3v) is 4.31. The topological polar surface area (TPSA) is 57.8 Å². The Morgan fingerprint density at radius 2 is 2.25 bits per heavy atom. The summed E-state index contributed by atoms with van der Waals surface area (Å²) in [4.78, 5) is 13.5. The first-order valence-corrected chi connectivity index (χ1v) is 7.78. The number of H-pyrrole nitrogens is 1. The number of rotatable bonds is 5. The van der Waals surface area contributed by atoms with E-state index in [2.05, 4.69) is 29.4 Å². The molecule has 0 aromatic carbocycles. The zero-order valence-corrected chi connectivity index (χ0v) is 13.2. The number of carbonyl (C=O) groups is 1. The number of amides is 1. The van der Waals surface area contributed by atoms with E-state index >= 15 is 0 Å². The molecule has 0 saturated heterocycles. The van der Waals surface area contributed by atoms with Crippen molar-refractivity contribution in [1.29, 1.82) is 0 Å². The maximum Gasteiger partial charge on any atom is 0.252 e. The zero-order chi connectivity index (χ0) is 14.7. The van der Waals surface area contributed by atoms with Gasteiger partial charge in [0.25, 0.3) is 5.91 Å². The van der Waals surface area contributed by atoms with Crippen LogP contribution in [0.15, 0.2) is 11.4 Å². The summed E-state index contributed by atoms with van der Waals surface area (Å²) in [7, 11) is 0. The molecule has 0 bridgehead atoms. The number of hydrogen-bond donors (Lipinski definition) is 2. The van der Waals surface area contributed by atoms with Gasteiger partial charge in [-0.1, -0.05) is 6.92 Å². The van der Waals surface area contributed by atoms with Gasteiger partial charge in [0.15, 0.2) is 0 Å². The zero-order valence-electron chi connectivity index (χ0n) is 12.4. The number of aromatic nitrogens is 2. The molecule has 0 spiro atoms. The van der Waals surface area contributed by atoms with Crippen LogP contribution in [-0.4, -0.2) is 22.1 Å². The quantitative estimate of drug-likeness (QED) is 0.889. The van der Waals surface area contributed by atoms with Crippen molar-refractivity contribution in [2.45, 2.75) is 46.6 Å². The van der Waals surface area contributed by atoms with Gasteiger partial charge in [0.1, 0.15) is 0 Å². The van der Waals surface area contributed by atoms with Gasteiger partial charge in [-0.3, -0.25) is 9.89 Å². The Hall–Kier alpha value is -1.62. The first-order valence-electron chi connectivity index (χ1n) is 6.90. The minimum absolute atomic E-state index is 0.0194. The van der Waals surface area contributed by atoms with Crippen LogP contribution in [0.2, 0.25) is 0 Å². The van der Waals surface area contributed by atoms with Gasteiger partial charge in [0, 0.05) is 28.4 Å². The molecule has 0 fully saturated rings. The summed E-state index contributed by atoms with van der Waals surface area (Å²) < 4.78 is 0. The van der Waals surface area contributed by atoms with Crippen LogP contribution in [0, 0.1) is 13.8 Å². The lowest BCUT2D eigenvalue weighted by atomic mass is 10.1. The Kier molecular flexibility index (Phi) is 4.60. The van der Waals surface area contributed by atoms with Crippen molar-refractivity contribution in [3.63, 3.8) is 0 Å². The lowest BCUT2D eigenvalue weighted by Crippen LogP contribution is -2.34. The van der Waals surface area contributed by atoms with Crippen LogP contribution in [0.5, 0.6) is 0 Å². The molecule has 0 aliphatic carbocycles. The molecule has 2 rings (SSSR count). The Balaban J connectivity index is 2.00. The van der Waals surface area contributed by atoms with E-state index in [-0.39, 0.29) is 11.9 Å². The van der Waals surface area contributed by atoms with Crippen molar-refractivity contribution in [1.82, 2.24) is 15.5 Å². The molecular formula is C15H21N3OS. The highest BCUT2D eigenvalue weighted by Gasteiger charge is 2.16. The Labute approximate surface area is 123 Å². The van der Waals surface area contributed by atoms with Gasteiger partial charge < -0.3 is 5.32 Å². The van der Waals surface area contributed by atoms with Crippen LogP contribution < -0.4 is 5.32 Å². The van der Waals surface area contributed by atoms with Crippen molar-refractivity contribution >= 4 is 17.2 Å². The first-order chi connectivity index (χ1) is 9.51. The summed E-state index contributed by atoms with van der Waals surface area (Å²) in [6, 6.07) is 2.07. The fourth-order valence-corrected chi connectivity index (χ4v) is 3.29. The fourth-order valence-electron chi connectivity index (χ4n) is 2.35. The fraction of sp³-hybridized carbons (Fsp3) is 0.467. The summed E-state index contributed by atoms with van der Waals surface area (Å²) in [5.74, 6) is 0.0194. The standard InChI is InChI=1S/C15H21N3OS/c1-5-13-11(4)20-8-14(13)15(19)16-9(2)6-12-7-10(3)17-18-12/h7-9H,5-6H2,1-4H3,(H,16,19)(H,17,18)/t9-/m0/s1. The molecule has 4 nitrogen and oxygen atoms in total. The molecule has 2 heterocycles. The Bertz CT molecular complexity index is 600. The van der Waals surface area contributed by atoms with Crippen molar-refractivity contribution in [2.75, 3.05) is 0 Å². The van der Waals surface area contributed by atoms with Crippen LogP contribution in [0.25, 0.3) is 0 Å². The highest BCUT2D eigenvalue weighted by molar-refractivity contribution is 7.10. The molecule has 0 radical (unpaired) electrons. The predicted molar refractivity (Wildman–Crippen MR) is 82.4 cm³/mol. The summed E-state index contributed by atoms with van der Waals surface area (Å²) in [5.41, 5.74) is 4.00. The minimum Gasteiger partial charge on any atom is -0.349 e. The van der Waals surface area contributed by atoms with Gasteiger partial charge >= 0.3 is 0 Å². The van der Waals surface area contributed by atoms with Crippen LogP contribution >= 0.6 is 11.3 Å². The number of thiophene rings is 1. The van der Waals surface area contributed by atoms with E-state index in [1.54, 1.807) is 11.3 Å². The summed E-state index contributed by atoms with van der Waals surface area (Å²) >= 11 is 1.64. The van der Waals surface area contributed by atoms with E-state index in [1.165, 1.54) is 4.88 Å². The Morgan fingerprint density at radius 3 is 2.85 bits per heavy atom. The molecule has 20 heavy (non-hydrogen) atoms. The number of carbonyl (C=O) groups excluding carboxylic acids is 1. The van der Waals surface area contributed by atoms with Gasteiger partial charge in [-0.2, -0.15) is 5.10 Å². The largest absolute Gasteiger partial charge is 0.349 e. The number of nitrogens with one attached hydrogen (secondary N) is 2. The van der Waals surface area contributed by atoms with Gasteiger partial charge in [-0.15, -0.1) is 11.3 Å². The lowest BCUT2D eigenvalue weighted by Gasteiger charge is -2.13. The molecule has 2 aromatic heterocycles. The molecule has 0 aliphatic heterocycles. The third-order valence-electron chi connectivity index (χ3n) is 3.35. The summed E-state index contributed by atoms with van der Waals surface area (Å²) in [6.45, 7) is 8.13. The smallest absolute Gasteiger partial charge is 0.252 e. The van der Waals surface area contributed by atoms with Crippen molar-refractivity contribution < 1.29 is 4.79 Å². The van der Waals surface area contributed by atoms with E-state index in [1.807, 2.05) is 25.3 Å². The highest BCUT2D eigenvalue weighted by atomic mass is 32.1. The molecule has 0 aliphatic rings. The van der Waals surface area contributed by atoms with E-state index in [0.29, 0.717) is 0 Å². The maximum absolute atomic E-state index is 12.3.